The van der Waals surface area contributed by atoms with Gasteiger partial charge in [-0.15, -0.1) is 0 Å². The number of aromatic nitrogens is 2. The molecular weight excluding hydrogens is 425 g/mol. The summed E-state index contributed by atoms with van der Waals surface area (Å²) in [7, 11) is 1.43. The van der Waals surface area contributed by atoms with Gasteiger partial charge in [-0.25, -0.2) is 4.98 Å². The molecule has 1 aromatic carbocycles. The van der Waals surface area contributed by atoms with Crippen molar-refractivity contribution in [2.75, 3.05) is 12.4 Å². The average molecular weight is 446 g/mol. The van der Waals surface area contributed by atoms with Gasteiger partial charge in [-0.05, 0) is 50.3 Å². The number of allylic oxidation sites excluding steroid dienone is 2. The number of nitrogens with zero attached hydrogens (tertiary/aromatic N) is 1. The number of hydrogen-bond donors (Lipinski definition) is 2. The highest BCUT2D eigenvalue weighted by molar-refractivity contribution is 6.42. The second-order valence-corrected chi connectivity index (χ2v) is 7.49. The number of H-pyrrole nitrogens is 1. The van der Waals surface area contributed by atoms with Gasteiger partial charge < -0.3 is 19.8 Å². The number of nitrogens with one attached hydrogen (secondary N) is 2. The van der Waals surface area contributed by atoms with Crippen molar-refractivity contribution in [3.05, 3.63) is 70.2 Å². The Kier molecular flexibility index (Phi) is 7.03. The minimum Gasteiger partial charge on any atom is -0.491 e. The van der Waals surface area contributed by atoms with Crippen molar-refractivity contribution in [2.24, 2.45) is 0 Å². The number of fused-ring (bicyclic) bond motifs is 1. The Morgan fingerprint density at radius 1 is 1.20 bits per heavy atom. The number of benzene rings is 1. The van der Waals surface area contributed by atoms with Gasteiger partial charge in [0, 0.05) is 22.7 Å². The Morgan fingerprint density at radius 3 is 2.63 bits per heavy atom. The molecule has 0 aliphatic heterocycles. The molecule has 156 valence electrons. The van der Waals surface area contributed by atoms with Crippen LogP contribution in [-0.2, 0) is 9.53 Å². The highest BCUT2D eigenvalue weighted by Crippen LogP contribution is 2.28. The highest BCUT2D eigenvalue weighted by atomic mass is 35.5. The Hall–Kier alpha value is -2.96. The largest absolute Gasteiger partial charge is 0.491 e. The van der Waals surface area contributed by atoms with Gasteiger partial charge in [0.2, 0.25) is 5.88 Å². The topological polar surface area (TPSA) is 76.2 Å². The van der Waals surface area contributed by atoms with Crippen molar-refractivity contribution in [3.8, 4) is 5.88 Å². The summed E-state index contributed by atoms with van der Waals surface area (Å²) in [6, 6.07) is 8.90. The fraction of sp³-hybridized carbons (Fsp3) is 0.182. The quantitative estimate of drug-likeness (QED) is 0.272. The zero-order chi connectivity index (χ0) is 21.7. The van der Waals surface area contributed by atoms with Crippen molar-refractivity contribution in [2.45, 2.75) is 20.0 Å². The SMILES string of the molecule is CO/C(=C\C=C\c1cc2cc(Cl)c(Cl)cc2[nH]1)C(=O)Nc1ccc(OC(C)C)nc1. The maximum atomic E-state index is 12.4. The third kappa shape index (κ3) is 5.55. The first-order valence-electron chi connectivity index (χ1n) is 9.20. The normalized spacial score (nSPS) is 12.0. The minimum atomic E-state index is -0.392. The molecule has 0 bridgehead atoms. The van der Waals surface area contributed by atoms with Crippen molar-refractivity contribution in [1.29, 1.82) is 0 Å². The van der Waals surface area contributed by atoms with E-state index < -0.39 is 5.91 Å². The number of halogens is 2. The first-order chi connectivity index (χ1) is 14.4. The van der Waals surface area contributed by atoms with Crippen LogP contribution in [0.4, 0.5) is 5.69 Å². The predicted octanol–water partition coefficient (Wildman–Crippen LogP) is 5.84. The van der Waals surface area contributed by atoms with Crippen molar-refractivity contribution >= 4 is 51.8 Å². The summed E-state index contributed by atoms with van der Waals surface area (Å²) < 4.78 is 10.7. The number of aromatic amines is 1. The maximum Gasteiger partial charge on any atom is 0.290 e. The monoisotopic (exact) mass is 445 g/mol. The third-order valence-corrected chi connectivity index (χ3v) is 4.72. The van der Waals surface area contributed by atoms with Crippen LogP contribution in [0, 0.1) is 0 Å². The lowest BCUT2D eigenvalue weighted by atomic mass is 10.2. The Labute approximate surface area is 184 Å². The van der Waals surface area contributed by atoms with Crippen molar-refractivity contribution in [1.82, 2.24) is 9.97 Å². The maximum absolute atomic E-state index is 12.4. The molecule has 6 nitrogen and oxygen atoms in total. The second kappa shape index (κ2) is 9.69. The molecule has 0 radical (unpaired) electrons. The van der Waals surface area contributed by atoms with Crippen molar-refractivity contribution in [3.63, 3.8) is 0 Å². The first-order valence-corrected chi connectivity index (χ1v) is 9.95. The molecule has 8 heteroatoms. The van der Waals surface area contributed by atoms with Crippen LogP contribution < -0.4 is 10.1 Å². The lowest BCUT2D eigenvalue weighted by Crippen LogP contribution is -2.15. The number of carbonyl (C=O) groups excluding carboxylic acids is 1. The van der Waals surface area contributed by atoms with Gasteiger partial charge in [0.05, 0.1) is 35.1 Å². The van der Waals surface area contributed by atoms with E-state index in [-0.39, 0.29) is 11.9 Å². The summed E-state index contributed by atoms with van der Waals surface area (Å²) in [5, 5.41) is 4.65. The second-order valence-electron chi connectivity index (χ2n) is 6.68. The summed E-state index contributed by atoms with van der Waals surface area (Å²) >= 11 is 12.1. The summed E-state index contributed by atoms with van der Waals surface area (Å²) in [4.78, 5) is 19.8. The van der Waals surface area contributed by atoms with Gasteiger partial charge in [-0.3, -0.25) is 4.79 Å². The third-order valence-electron chi connectivity index (χ3n) is 4.00. The molecule has 1 amide bonds. The summed E-state index contributed by atoms with van der Waals surface area (Å²) in [5.74, 6) is 0.252. The average Bonchev–Trinajstić information content (AvgIpc) is 3.08. The van der Waals surface area contributed by atoms with E-state index in [1.165, 1.54) is 13.3 Å². The molecule has 2 heterocycles. The molecule has 0 saturated heterocycles. The van der Waals surface area contributed by atoms with Crippen LogP contribution in [0.25, 0.3) is 17.0 Å². The smallest absolute Gasteiger partial charge is 0.290 e. The number of pyridine rings is 1. The van der Waals surface area contributed by atoms with E-state index >= 15 is 0 Å². The van der Waals surface area contributed by atoms with Crippen LogP contribution >= 0.6 is 23.2 Å². The number of carbonyl (C=O) groups is 1. The molecule has 3 rings (SSSR count). The Morgan fingerprint density at radius 2 is 1.97 bits per heavy atom. The Balaban J connectivity index is 1.68. The van der Waals surface area contributed by atoms with E-state index in [0.29, 0.717) is 21.6 Å². The molecule has 0 atom stereocenters. The number of rotatable bonds is 7. The lowest BCUT2D eigenvalue weighted by molar-refractivity contribution is -0.115. The molecule has 0 fully saturated rings. The standard InChI is InChI=1S/C22H21Cl2N3O3/c1-13(2)30-21-8-7-16(12-25-21)27-22(28)20(29-3)6-4-5-15-9-14-10-17(23)18(24)11-19(14)26-15/h4-13,26H,1-3H3,(H,27,28)/b5-4+,20-6-. The first kappa shape index (κ1) is 21.7. The molecule has 2 aromatic heterocycles. The van der Waals surface area contributed by atoms with E-state index in [4.69, 9.17) is 32.7 Å². The van der Waals surface area contributed by atoms with Crippen LogP contribution in [0.1, 0.15) is 19.5 Å². The Bertz CT molecular complexity index is 1060. The van der Waals surface area contributed by atoms with E-state index in [9.17, 15) is 4.79 Å². The molecule has 0 aliphatic rings. The molecule has 3 aromatic rings. The van der Waals surface area contributed by atoms with Gasteiger partial charge >= 0.3 is 0 Å². The van der Waals surface area contributed by atoms with E-state index in [0.717, 1.165) is 16.6 Å². The number of ether oxygens (including phenoxy) is 2. The van der Waals surface area contributed by atoms with Gasteiger partial charge in [0.1, 0.15) is 0 Å². The predicted molar refractivity (Wildman–Crippen MR) is 121 cm³/mol. The molecule has 0 saturated carbocycles. The van der Waals surface area contributed by atoms with Crippen LogP contribution in [0.5, 0.6) is 5.88 Å². The number of methoxy groups -OCH3 is 1. The summed E-state index contributed by atoms with van der Waals surface area (Å²) in [6.45, 7) is 3.83. The number of amides is 1. The zero-order valence-corrected chi connectivity index (χ0v) is 18.2. The van der Waals surface area contributed by atoms with Gasteiger partial charge in [-0.2, -0.15) is 0 Å². The molecule has 30 heavy (non-hydrogen) atoms. The van der Waals surface area contributed by atoms with Gasteiger partial charge in [0.15, 0.2) is 5.76 Å². The van der Waals surface area contributed by atoms with Crippen LogP contribution in [0.15, 0.2) is 54.4 Å². The highest BCUT2D eigenvalue weighted by Gasteiger charge is 2.10. The van der Waals surface area contributed by atoms with Gasteiger partial charge in [-0.1, -0.05) is 29.3 Å². The fourth-order valence-electron chi connectivity index (χ4n) is 2.67. The van der Waals surface area contributed by atoms with Crippen LogP contribution in [-0.4, -0.2) is 29.1 Å². The van der Waals surface area contributed by atoms with Crippen molar-refractivity contribution < 1.29 is 14.3 Å². The van der Waals surface area contributed by atoms with E-state index in [1.54, 1.807) is 36.4 Å². The fourth-order valence-corrected chi connectivity index (χ4v) is 3.01. The number of anilines is 1. The number of hydrogen-bond acceptors (Lipinski definition) is 4. The minimum absolute atomic E-state index is 0.0268. The summed E-state index contributed by atoms with van der Waals surface area (Å²) in [6.07, 6.45) is 6.65. The summed E-state index contributed by atoms with van der Waals surface area (Å²) in [5.41, 5.74) is 2.24. The molecular formula is C22H21Cl2N3O3. The zero-order valence-electron chi connectivity index (χ0n) is 16.7. The lowest BCUT2D eigenvalue weighted by Gasteiger charge is -2.10. The molecule has 0 unspecified atom stereocenters. The van der Waals surface area contributed by atoms with E-state index in [1.807, 2.05) is 26.0 Å². The van der Waals surface area contributed by atoms with Crippen LogP contribution in [0.3, 0.4) is 0 Å². The van der Waals surface area contributed by atoms with Crippen LogP contribution in [0.2, 0.25) is 10.0 Å². The van der Waals surface area contributed by atoms with Gasteiger partial charge in [0.25, 0.3) is 5.91 Å². The molecule has 2 N–H and O–H groups in total. The van der Waals surface area contributed by atoms with E-state index in [2.05, 4.69) is 15.3 Å². The molecule has 0 spiro atoms. The molecule has 0 aliphatic carbocycles.